The molecule has 3 aromatic rings. The molecule has 0 atom stereocenters. The summed E-state index contributed by atoms with van der Waals surface area (Å²) in [6, 6.07) is 22.5. The fourth-order valence-corrected chi connectivity index (χ4v) is 3.91. The quantitative estimate of drug-likeness (QED) is 0.526. The second-order valence-electron chi connectivity index (χ2n) is 5.84. The fraction of sp³-hybridized carbons (Fsp3) is 0.158. The predicted octanol–water partition coefficient (Wildman–Crippen LogP) is 4.90. The van der Waals surface area contributed by atoms with E-state index in [4.69, 9.17) is 0 Å². The Morgan fingerprint density at radius 3 is 2.16 bits per heavy atom. The van der Waals surface area contributed by atoms with Crippen LogP contribution in [-0.4, -0.2) is 0 Å². The zero-order chi connectivity index (χ0) is 12.4. The highest BCUT2D eigenvalue weighted by Crippen LogP contribution is 2.60. The number of fused-ring (bicyclic) bond motifs is 4. The molecule has 2 aliphatic rings. The number of hydrogen-bond donors (Lipinski definition) is 0. The smallest absolute Gasteiger partial charge is 0.0216 e. The molecule has 90 valence electrons. The van der Waals surface area contributed by atoms with Crippen LogP contribution < -0.4 is 0 Å². The van der Waals surface area contributed by atoms with Crippen molar-refractivity contribution in [2.45, 2.75) is 18.3 Å². The largest absolute Gasteiger partial charge is 0.0619 e. The van der Waals surface area contributed by atoms with E-state index in [9.17, 15) is 0 Å². The van der Waals surface area contributed by atoms with E-state index in [1.54, 1.807) is 11.1 Å². The minimum Gasteiger partial charge on any atom is -0.0619 e. The Morgan fingerprint density at radius 2 is 1.32 bits per heavy atom. The van der Waals surface area contributed by atoms with Gasteiger partial charge in [0.2, 0.25) is 0 Å². The minimum atomic E-state index is 0.324. The van der Waals surface area contributed by atoms with Gasteiger partial charge >= 0.3 is 0 Å². The Hall–Kier alpha value is -2.08. The summed E-state index contributed by atoms with van der Waals surface area (Å²) in [6.07, 6.45) is 2.61. The molecule has 1 fully saturated rings. The molecule has 3 aromatic carbocycles. The fourth-order valence-electron chi connectivity index (χ4n) is 3.91. The average molecular weight is 242 g/mol. The van der Waals surface area contributed by atoms with Gasteiger partial charge in [0.15, 0.2) is 0 Å². The lowest BCUT2D eigenvalue weighted by Crippen LogP contribution is -2.15. The summed E-state index contributed by atoms with van der Waals surface area (Å²) in [5, 5.41) is 2.87. The van der Waals surface area contributed by atoms with Crippen molar-refractivity contribution in [1.29, 1.82) is 0 Å². The molecular formula is C19H14. The number of benzene rings is 3. The van der Waals surface area contributed by atoms with Gasteiger partial charge in [-0.1, -0.05) is 60.7 Å². The molecule has 19 heavy (non-hydrogen) atoms. The maximum atomic E-state index is 2.34. The van der Waals surface area contributed by atoms with E-state index in [1.807, 2.05) is 0 Å². The van der Waals surface area contributed by atoms with E-state index in [1.165, 1.54) is 34.7 Å². The van der Waals surface area contributed by atoms with Crippen molar-refractivity contribution in [2.75, 3.05) is 0 Å². The summed E-state index contributed by atoms with van der Waals surface area (Å²) < 4.78 is 0. The molecule has 0 amide bonds. The minimum absolute atomic E-state index is 0.324. The summed E-state index contributed by atoms with van der Waals surface area (Å²) in [4.78, 5) is 0. The second-order valence-corrected chi connectivity index (χ2v) is 5.84. The molecule has 0 bridgehead atoms. The van der Waals surface area contributed by atoms with Gasteiger partial charge in [-0.15, -0.1) is 0 Å². The van der Waals surface area contributed by atoms with Gasteiger partial charge in [-0.3, -0.25) is 0 Å². The van der Waals surface area contributed by atoms with E-state index >= 15 is 0 Å². The first-order chi connectivity index (χ1) is 9.40. The third-order valence-corrected chi connectivity index (χ3v) is 4.90. The number of hydrogen-bond acceptors (Lipinski definition) is 0. The molecule has 2 aliphatic carbocycles. The molecule has 0 radical (unpaired) electrons. The molecule has 0 saturated heterocycles. The van der Waals surface area contributed by atoms with Crippen LogP contribution in [0.25, 0.3) is 21.9 Å². The van der Waals surface area contributed by atoms with Crippen molar-refractivity contribution < 1.29 is 0 Å². The van der Waals surface area contributed by atoms with E-state index in [0.717, 1.165) is 0 Å². The zero-order valence-electron chi connectivity index (χ0n) is 10.7. The molecule has 0 nitrogen and oxygen atoms in total. The first-order valence-corrected chi connectivity index (χ1v) is 7.02. The molecule has 0 unspecified atom stereocenters. The summed E-state index contributed by atoms with van der Waals surface area (Å²) in [5.74, 6) is 0. The third kappa shape index (κ3) is 1.06. The highest BCUT2D eigenvalue weighted by Gasteiger charge is 2.49. The SMILES string of the molecule is c1ccc2c(c1)-c1cccc3cccc(c13)C21CC1. The second kappa shape index (κ2) is 3.08. The summed E-state index contributed by atoms with van der Waals surface area (Å²) in [7, 11) is 0. The van der Waals surface area contributed by atoms with Crippen molar-refractivity contribution in [1.82, 2.24) is 0 Å². The Labute approximate surface area is 112 Å². The molecule has 0 aromatic heterocycles. The first kappa shape index (κ1) is 9.80. The van der Waals surface area contributed by atoms with Crippen LogP contribution in [-0.2, 0) is 5.41 Å². The molecular weight excluding hydrogens is 228 g/mol. The van der Waals surface area contributed by atoms with Crippen LogP contribution in [0.4, 0.5) is 0 Å². The lowest BCUT2D eigenvalue weighted by atomic mass is 9.75. The van der Waals surface area contributed by atoms with Gasteiger partial charge in [0.05, 0.1) is 0 Å². The topological polar surface area (TPSA) is 0 Å². The molecule has 0 heterocycles. The van der Waals surface area contributed by atoms with Gasteiger partial charge in [0.25, 0.3) is 0 Å². The molecule has 1 saturated carbocycles. The van der Waals surface area contributed by atoms with E-state index < -0.39 is 0 Å². The normalized spacial score (nSPS) is 17.5. The highest BCUT2D eigenvalue weighted by molar-refractivity contribution is 6.03. The Morgan fingerprint density at radius 1 is 0.632 bits per heavy atom. The molecule has 0 N–H and O–H groups in total. The van der Waals surface area contributed by atoms with Crippen LogP contribution in [0.3, 0.4) is 0 Å². The predicted molar refractivity (Wildman–Crippen MR) is 79.4 cm³/mol. The van der Waals surface area contributed by atoms with Gasteiger partial charge in [-0.2, -0.15) is 0 Å². The van der Waals surface area contributed by atoms with E-state index in [0.29, 0.717) is 5.41 Å². The molecule has 5 rings (SSSR count). The summed E-state index contributed by atoms with van der Waals surface area (Å²) in [5.41, 5.74) is 6.29. The van der Waals surface area contributed by atoms with Crippen LogP contribution in [0.1, 0.15) is 24.0 Å². The lowest BCUT2D eigenvalue weighted by Gasteiger charge is -2.28. The van der Waals surface area contributed by atoms with Crippen LogP contribution in [0, 0.1) is 0 Å². The molecule has 0 aliphatic heterocycles. The maximum Gasteiger partial charge on any atom is 0.0216 e. The lowest BCUT2D eigenvalue weighted by molar-refractivity contribution is 0.853. The van der Waals surface area contributed by atoms with Gasteiger partial charge in [-0.25, -0.2) is 0 Å². The van der Waals surface area contributed by atoms with Crippen LogP contribution >= 0.6 is 0 Å². The van der Waals surface area contributed by atoms with Crippen molar-refractivity contribution in [3.63, 3.8) is 0 Å². The van der Waals surface area contributed by atoms with Crippen molar-refractivity contribution in [3.05, 3.63) is 71.8 Å². The maximum absolute atomic E-state index is 2.34. The van der Waals surface area contributed by atoms with E-state index in [2.05, 4.69) is 60.7 Å². The number of rotatable bonds is 0. The van der Waals surface area contributed by atoms with Crippen LogP contribution in [0.2, 0.25) is 0 Å². The van der Waals surface area contributed by atoms with Crippen molar-refractivity contribution >= 4 is 10.8 Å². The van der Waals surface area contributed by atoms with Crippen molar-refractivity contribution in [2.24, 2.45) is 0 Å². The third-order valence-electron chi connectivity index (χ3n) is 4.90. The first-order valence-electron chi connectivity index (χ1n) is 7.02. The standard InChI is InChI=1S/C19H14/c1-2-9-16-14(7-1)15-8-3-5-13-6-4-10-17(18(13)15)19(16)11-12-19/h1-10H,11-12H2. The summed E-state index contributed by atoms with van der Waals surface area (Å²) in [6.45, 7) is 0. The van der Waals surface area contributed by atoms with Gasteiger partial charge in [0.1, 0.15) is 0 Å². The van der Waals surface area contributed by atoms with Crippen LogP contribution in [0.5, 0.6) is 0 Å². The van der Waals surface area contributed by atoms with Crippen LogP contribution in [0.15, 0.2) is 60.7 Å². The zero-order valence-corrected chi connectivity index (χ0v) is 10.7. The van der Waals surface area contributed by atoms with Gasteiger partial charge in [-0.05, 0) is 45.9 Å². The molecule has 0 heteroatoms. The Bertz CT molecular complexity index is 817. The Balaban J connectivity index is 2.06. The Kier molecular flexibility index (Phi) is 1.59. The van der Waals surface area contributed by atoms with Gasteiger partial charge in [0, 0.05) is 5.41 Å². The monoisotopic (exact) mass is 242 g/mol. The van der Waals surface area contributed by atoms with Gasteiger partial charge < -0.3 is 0 Å². The highest BCUT2D eigenvalue weighted by atomic mass is 14.5. The summed E-state index contributed by atoms with van der Waals surface area (Å²) >= 11 is 0. The van der Waals surface area contributed by atoms with E-state index in [-0.39, 0.29) is 0 Å². The average Bonchev–Trinajstić information content (AvgIpc) is 3.26. The van der Waals surface area contributed by atoms with Crippen molar-refractivity contribution in [3.8, 4) is 11.1 Å². The molecule has 1 spiro atoms.